The number of aliphatic hydroxyl groups excluding tert-OH is 2. The number of nitrogens with zero attached hydrogens (tertiary/aromatic N) is 3. The topological polar surface area (TPSA) is 198 Å². The van der Waals surface area contributed by atoms with Gasteiger partial charge < -0.3 is 48.4 Å². The molecule has 0 spiro atoms. The first-order valence-electron chi connectivity index (χ1n) is 23.2. The molecular formula is C53H57N3O13. The SMILES string of the molecule is C=CCOC12Oc3ccc(Oc4ccc(OC)c(C=O)c4)cc3C3C(CCCCO)C(CCCCO)C=C(C(=NOC)CC1N(Cc1ccc4c(c1)OCO4)C(=O)C=Cc1ccc([N+](=O)[O-])cc1)C32. The molecule has 16 nitrogen and oxygen atoms in total. The zero-order chi connectivity index (χ0) is 48.5. The van der Waals surface area contributed by atoms with Gasteiger partial charge in [0.1, 0.15) is 36.1 Å². The molecule has 4 aromatic carbocycles. The summed E-state index contributed by atoms with van der Waals surface area (Å²) in [7, 11) is 2.99. The number of carbonyl (C=O) groups is 2. The largest absolute Gasteiger partial charge is 0.496 e. The number of methoxy groups -OCH3 is 1. The number of carbonyl (C=O) groups excluding carboxylic acids is 2. The van der Waals surface area contributed by atoms with Crippen LogP contribution in [0.3, 0.4) is 0 Å². The van der Waals surface area contributed by atoms with Crippen molar-refractivity contribution in [2.45, 2.75) is 69.2 Å². The van der Waals surface area contributed by atoms with E-state index in [1.54, 1.807) is 59.5 Å². The van der Waals surface area contributed by atoms with Gasteiger partial charge in [0.2, 0.25) is 18.5 Å². The van der Waals surface area contributed by atoms with Gasteiger partial charge >= 0.3 is 0 Å². The number of hydrogen-bond acceptors (Lipinski definition) is 14. The normalized spacial score (nSPS) is 22.5. The van der Waals surface area contributed by atoms with Gasteiger partial charge in [-0.1, -0.05) is 36.2 Å². The molecule has 6 unspecified atom stereocenters. The van der Waals surface area contributed by atoms with Crippen LogP contribution < -0.4 is 23.7 Å². The summed E-state index contributed by atoms with van der Waals surface area (Å²) in [6, 6.07) is 21.2. The van der Waals surface area contributed by atoms with E-state index in [1.807, 2.05) is 24.3 Å². The Labute approximate surface area is 400 Å². The minimum Gasteiger partial charge on any atom is -0.496 e. The second kappa shape index (κ2) is 22.0. The molecule has 1 amide bonds. The number of ether oxygens (including phenoxy) is 6. The molecule has 4 aromatic rings. The molecule has 1 saturated carbocycles. The van der Waals surface area contributed by atoms with Crippen molar-refractivity contribution in [3.63, 3.8) is 0 Å². The fourth-order valence-electron chi connectivity index (χ4n) is 10.4. The summed E-state index contributed by atoms with van der Waals surface area (Å²) in [6.07, 6.45) is 12.0. The molecular weight excluding hydrogens is 887 g/mol. The van der Waals surface area contributed by atoms with Crippen LogP contribution in [0.2, 0.25) is 0 Å². The molecule has 4 aliphatic rings. The van der Waals surface area contributed by atoms with Crippen molar-refractivity contribution in [3.05, 3.63) is 142 Å². The van der Waals surface area contributed by atoms with E-state index < -0.39 is 28.6 Å². The first-order valence-corrected chi connectivity index (χ1v) is 23.2. The third kappa shape index (κ3) is 10.2. The molecule has 2 N–H and O–H groups in total. The molecule has 2 aliphatic heterocycles. The summed E-state index contributed by atoms with van der Waals surface area (Å²) in [5, 5.41) is 36.1. The van der Waals surface area contributed by atoms with Crippen molar-refractivity contribution in [1.29, 1.82) is 0 Å². The van der Waals surface area contributed by atoms with Crippen LogP contribution in [0.5, 0.6) is 34.5 Å². The second-order valence-electron chi connectivity index (χ2n) is 17.4. The van der Waals surface area contributed by atoms with Crippen LogP contribution in [-0.4, -0.2) is 90.6 Å². The maximum atomic E-state index is 15.2. The monoisotopic (exact) mass is 943 g/mol. The lowest BCUT2D eigenvalue weighted by molar-refractivity contribution is -0.384. The Balaban J connectivity index is 1.32. The first kappa shape index (κ1) is 48.4. The summed E-state index contributed by atoms with van der Waals surface area (Å²) >= 11 is 0. The van der Waals surface area contributed by atoms with Crippen LogP contribution >= 0.6 is 0 Å². The van der Waals surface area contributed by atoms with Crippen LogP contribution in [0.1, 0.15) is 77.9 Å². The smallest absolute Gasteiger partial charge is 0.269 e. The van der Waals surface area contributed by atoms with Gasteiger partial charge in [-0.2, -0.15) is 0 Å². The zero-order valence-corrected chi connectivity index (χ0v) is 38.7. The Morgan fingerprint density at radius 1 is 0.942 bits per heavy atom. The lowest BCUT2D eigenvalue weighted by Gasteiger charge is -2.60. The molecule has 16 heteroatoms. The average molecular weight is 944 g/mol. The van der Waals surface area contributed by atoms with E-state index in [1.165, 1.54) is 32.4 Å². The van der Waals surface area contributed by atoms with E-state index in [0.29, 0.717) is 70.5 Å². The third-order valence-corrected chi connectivity index (χ3v) is 13.4. The highest BCUT2D eigenvalue weighted by atomic mass is 16.7. The number of nitro benzene ring substituents is 1. The molecule has 0 radical (unpaired) electrons. The number of benzene rings is 4. The fourth-order valence-corrected chi connectivity index (χ4v) is 10.4. The van der Waals surface area contributed by atoms with Gasteiger partial charge in [-0.3, -0.25) is 19.7 Å². The van der Waals surface area contributed by atoms with Gasteiger partial charge in [0, 0.05) is 55.9 Å². The molecule has 1 fully saturated rings. The van der Waals surface area contributed by atoms with E-state index in [4.69, 9.17) is 38.4 Å². The van der Waals surface area contributed by atoms with Gasteiger partial charge in [-0.05, 0) is 121 Å². The lowest BCUT2D eigenvalue weighted by Crippen LogP contribution is -2.70. The van der Waals surface area contributed by atoms with Crippen molar-refractivity contribution < 1.29 is 58.0 Å². The number of allylic oxidation sites excluding steroid dienone is 1. The number of fused-ring (bicyclic) bond motifs is 3. The van der Waals surface area contributed by atoms with Crippen molar-refractivity contribution in [2.24, 2.45) is 22.9 Å². The second-order valence-corrected chi connectivity index (χ2v) is 17.4. The number of aliphatic hydroxyl groups is 2. The number of hydrogen-bond donors (Lipinski definition) is 2. The van der Waals surface area contributed by atoms with Gasteiger partial charge in [-0.15, -0.1) is 6.58 Å². The van der Waals surface area contributed by atoms with E-state index in [9.17, 15) is 25.1 Å². The van der Waals surface area contributed by atoms with Crippen LogP contribution in [-0.2, 0) is 20.9 Å². The molecule has 0 aromatic heterocycles. The van der Waals surface area contributed by atoms with Crippen molar-refractivity contribution in [3.8, 4) is 34.5 Å². The highest BCUT2D eigenvalue weighted by molar-refractivity contribution is 6.03. The minimum absolute atomic E-state index is 0.00883. The number of nitro groups is 1. The predicted octanol–water partition coefficient (Wildman–Crippen LogP) is 8.94. The van der Waals surface area contributed by atoms with Crippen molar-refractivity contribution in [2.75, 3.05) is 40.8 Å². The van der Waals surface area contributed by atoms with Gasteiger partial charge in [0.05, 0.1) is 35.8 Å². The summed E-state index contributed by atoms with van der Waals surface area (Å²) in [5.41, 5.74) is 3.88. The molecule has 69 heavy (non-hydrogen) atoms. The molecule has 2 aliphatic carbocycles. The molecule has 6 atom stereocenters. The maximum Gasteiger partial charge on any atom is 0.269 e. The standard InChI is InChI=1S/C53H57N3O13/c1-4-25-67-53-49(55(31-35-13-19-47-48(26-35)66-33-65-47)50(60)22-14-34-11-15-38(16-12-34)56(61)62)30-44(54-64-3)42-28-36(9-5-7-23-57)41(10-6-8-24-58)51(52(42)53)43-29-40(18-21-46(43)69-53)68-39-17-20-45(63-2)37(27-39)32-59/h4,11-22,26-29,32,36,41,49,51-52,57-58H,1,5-10,23-25,30-31,33H2,2-3H3. The molecule has 362 valence electrons. The van der Waals surface area contributed by atoms with E-state index in [-0.39, 0.29) is 63.0 Å². The van der Waals surface area contributed by atoms with Gasteiger partial charge in [-0.25, -0.2) is 0 Å². The Kier molecular flexibility index (Phi) is 15.4. The number of amides is 1. The summed E-state index contributed by atoms with van der Waals surface area (Å²) in [5.74, 6) is 0.00155. The van der Waals surface area contributed by atoms with E-state index >= 15 is 4.79 Å². The van der Waals surface area contributed by atoms with Crippen LogP contribution in [0, 0.1) is 27.9 Å². The Hall–Kier alpha value is -7.01. The van der Waals surface area contributed by atoms with Crippen LogP contribution in [0.15, 0.2) is 114 Å². The number of non-ortho nitro benzene ring substituents is 1. The van der Waals surface area contributed by atoms with Gasteiger partial charge in [0.15, 0.2) is 17.8 Å². The Morgan fingerprint density at radius 3 is 2.41 bits per heavy atom. The average Bonchev–Trinajstić information content (AvgIpc) is 3.84. The third-order valence-electron chi connectivity index (χ3n) is 13.4. The lowest BCUT2D eigenvalue weighted by atomic mass is 9.55. The first-order chi connectivity index (χ1) is 33.6. The quantitative estimate of drug-likeness (QED) is 0.0189. The number of unbranched alkanes of at least 4 members (excludes halogenated alkanes) is 2. The van der Waals surface area contributed by atoms with Gasteiger partial charge in [0.25, 0.3) is 5.69 Å². The van der Waals surface area contributed by atoms with Crippen LogP contribution in [0.25, 0.3) is 6.08 Å². The highest BCUT2D eigenvalue weighted by Gasteiger charge is 2.65. The number of oxime groups is 1. The Morgan fingerprint density at radius 2 is 1.68 bits per heavy atom. The molecule has 8 rings (SSSR count). The van der Waals surface area contributed by atoms with E-state index in [2.05, 4.69) is 12.7 Å². The number of aldehydes is 1. The summed E-state index contributed by atoms with van der Waals surface area (Å²) < 4.78 is 37.8. The summed E-state index contributed by atoms with van der Waals surface area (Å²) in [4.78, 5) is 45.5. The van der Waals surface area contributed by atoms with Crippen molar-refractivity contribution >= 4 is 29.7 Å². The minimum atomic E-state index is -1.57. The maximum absolute atomic E-state index is 15.2. The van der Waals surface area contributed by atoms with Crippen molar-refractivity contribution in [1.82, 2.24) is 4.90 Å². The number of rotatable bonds is 22. The molecule has 2 heterocycles. The Bertz CT molecular complexity index is 2610. The van der Waals surface area contributed by atoms with Crippen LogP contribution in [0.4, 0.5) is 5.69 Å². The van der Waals surface area contributed by atoms with E-state index in [0.717, 1.165) is 42.4 Å². The fraction of sp³-hybridized carbons (Fsp3) is 0.377. The molecule has 0 bridgehead atoms. The zero-order valence-electron chi connectivity index (χ0n) is 38.7. The summed E-state index contributed by atoms with van der Waals surface area (Å²) in [6.45, 7) is 4.30. The highest BCUT2D eigenvalue weighted by Crippen LogP contribution is 2.62. The molecule has 0 saturated heterocycles. The predicted molar refractivity (Wildman–Crippen MR) is 256 cm³/mol.